The minimum Gasteiger partial charge on any atom is -0.317 e. The van der Waals surface area contributed by atoms with Gasteiger partial charge in [0.15, 0.2) is 0 Å². The smallest absolute Gasteiger partial charge is 0.243 e. The second-order valence-corrected chi connectivity index (χ2v) is 6.22. The van der Waals surface area contributed by atoms with Crippen LogP contribution in [-0.4, -0.2) is 38.9 Å². The van der Waals surface area contributed by atoms with Gasteiger partial charge in [0.2, 0.25) is 10.0 Å². The zero-order chi connectivity index (χ0) is 12.3. The molecule has 6 heteroatoms. The molecule has 0 radical (unpaired) electrons. The van der Waals surface area contributed by atoms with E-state index in [1.165, 1.54) is 0 Å². The van der Waals surface area contributed by atoms with E-state index in [2.05, 4.69) is 5.32 Å². The number of nitrogens with one attached hydrogen (secondary N) is 1. The van der Waals surface area contributed by atoms with Crippen LogP contribution in [0.1, 0.15) is 12.8 Å². The van der Waals surface area contributed by atoms with Crippen molar-refractivity contribution in [1.82, 2.24) is 9.62 Å². The summed E-state index contributed by atoms with van der Waals surface area (Å²) in [7, 11) is -1.37. The van der Waals surface area contributed by atoms with Gasteiger partial charge in [0.25, 0.3) is 0 Å². The van der Waals surface area contributed by atoms with Crippen molar-refractivity contribution >= 4 is 22.4 Å². The molecule has 0 aliphatic carbocycles. The van der Waals surface area contributed by atoms with Crippen molar-refractivity contribution in [3.63, 3.8) is 0 Å². The molecule has 1 N–H and O–H groups in total. The normalized spacial score (nSPS) is 18.3. The Balaban J connectivity index is 0.00000162. The van der Waals surface area contributed by atoms with Crippen LogP contribution in [0, 0.1) is 0 Å². The molecule has 102 valence electrons. The summed E-state index contributed by atoms with van der Waals surface area (Å²) in [5.41, 5.74) is 0. The van der Waals surface area contributed by atoms with Crippen molar-refractivity contribution in [1.29, 1.82) is 0 Å². The van der Waals surface area contributed by atoms with Crippen molar-refractivity contribution in [2.24, 2.45) is 0 Å². The van der Waals surface area contributed by atoms with Crippen molar-refractivity contribution in [2.75, 3.05) is 20.1 Å². The van der Waals surface area contributed by atoms with Crippen LogP contribution in [0.3, 0.4) is 0 Å². The molecule has 1 saturated heterocycles. The molecule has 1 fully saturated rings. The Bertz CT molecular complexity index is 456. The first-order valence-corrected chi connectivity index (χ1v) is 7.31. The van der Waals surface area contributed by atoms with Crippen molar-refractivity contribution < 1.29 is 8.42 Å². The first kappa shape index (κ1) is 15.4. The number of hydrogen-bond acceptors (Lipinski definition) is 3. The van der Waals surface area contributed by atoms with Crippen LogP contribution in [0.15, 0.2) is 35.2 Å². The standard InChI is InChI=1S/C12H18N2O2S.ClH/c1-13-11-7-9-14(10-8-11)17(15,16)12-5-3-2-4-6-12;/h2-6,11,13H,7-10H2,1H3;1H. The lowest BCUT2D eigenvalue weighted by molar-refractivity contribution is 0.298. The molecule has 18 heavy (non-hydrogen) atoms. The lowest BCUT2D eigenvalue weighted by atomic mass is 10.1. The quantitative estimate of drug-likeness (QED) is 0.917. The summed E-state index contributed by atoms with van der Waals surface area (Å²) in [4.78, 5) is 0.392. The third kappa shape index (κ3) is 3.23. The molecule has 0 spiro atoms. The molecular formula is C12H19ClN2O2S. The Morgan fingerprint density at radius 3 is 2.22 bits per heavy atom. The molecule has 1 aromatic carbocycles. The molecule has 0 bridgehead atoms. The Hall–Kier alpha value is -0.620. The van der Waals surface area contributed by atoms with Crippen LogP contribution in [-0.2, 0) is 10.0 Å². The van der Waals surface area contributed by atoms with Gasteiger partial charge >= 0.3 is 0 Å². The molecule has 1 aliphatic heterocycles. The van der Waals surface area contributed by atoms with Gasteiger partial charge in [0.1, 0.15) is 0 Å². The maximum atomic E-state index is 12.3. The number of halogens is 1. The Morgan fingerprint density at radius 2 is 1.72 bits per heavy atom. The van der Waals surface area contributed by atoms with E-state index in [1.54, 1.807) is 28.6 Å². The van der Waals surface area contributed by atoms with Gasteiger partial charge in [-0.05, 0) is 32.0 Å². The highest BCUT2D eigenvalue weighted by Crippen LogP contribution is 2.20. The molecule has 0 saturated carbocycles. The summed E-state index contributed by atoms with van der Waals surface area (Å²) in [5, 5.41) is 3.19. The van der Waals surface area contributed by atoms with E-state index in [4.69, 9.17) is 0 Å². The van der Waals surface area contributed by atoms with Gasteiger partial charge in [0, 0.05) is 19.1 Å². The number of sulfonamides is 1. The highest BCUT2D eigenvalue weighted by molar-refractivity contribution is 7.89. The molecular weight excluding hydrogens is 272 g/mol. The average Bonchev–Trinajstić information content (AvgIpc) is 2.40. The zero-order valence-corrected chi connectivity index (χ0v) is 12.0. The third-order valence-corrected chi connectivity index (χ3v) is 5.16. The monoisotopic (exact) mass is 290 g/mol. The number of hydrogen-bond donors (Lipinski definition) is 1. The maximum absolute atomic E-state index is 12.3. The number of piperidine rings is 1. The van der Waals surface area contributed by atoms with E-state index in [1.807, 2.05) is 13.1 Å². The first-order chi connectivity index (χ1) is 8.14. The molecule has 0 amide bonds. The summed E-state index contributed by atoms with van der Waals surface area (Å²) in [6.07, 6.45) is 1.76. The average molecular weight is 291 g/mol. The fraction of sp³-hybridized carbons (Fsp3) is 0.500. The van der Waals surface area contributed by atoms with Crippen LogP contribution in [0.5, 0.6) is 0 Å². The van der Waals surface area contributed by atoms with E-state index in [9.17, 15) is 8.42 Å². The number of benzene rings is 1. The van der Waals surface area contributed by atoms with E-state index >= 15 is 0 Å². The van der Waals surface area contributed by atoms with Gasteiger partial charge in [-0.25, -0.2) is 8.42 Å². The second kappa shape index (κ2) is 6.52. The Labute approximate surface area is 115 Å². The third-order valence-electron chi connectivity index (χ3n) is 3.24. The molecule has 1 aromatic rings. The van der Waals surface area contributed by atoms with Crippen LogP contribution in [0.2, 0.25) is 0 Å². The Kier molecular flexibility index (Phi) is 5.59. The Morgan fingerprint density at radius 1 is 1.17 bits per heavy atom. The van der Waals surface area contributed by atoms with Gasteiger partial charge in [-0.15, -0.1) is 12.4 Å². The number of nitrogens with zero attached hydrogens (tertiary/aromatic N) is 1. The van der Waals surface area contributed by atoms with E-state index in [0.717, 1.165) is 12.8 Å². The largest absolute Gasteiger partial charge is 0.317 e. The molecule has 1 aliphatic rings. The van der Waals surface area contributed by atoms with E-state index in [-0.39, 0.29) is 12.4 Å². The minimum atomic E-state index is -3.29. The van der Waals surface area contributed by atoms with Gasteiger partial charge in [0.05, 0.1) is 4.90 Å². The van der Waals surface area contributed by atoms with Crippen LogP contribution >= 0.6 is 12.4 Å². The van der Waals surface area contributed by atoms with Gasteiger partial charge in [-0.3, -0.25) is 0 Å². The van der Waals surface area contributed by atoms with Crippen LogP contribution in [0.4, 0.5) is 0 Å². The van der Waals surface area contributed by atoms with Gasteiger partial charge in [-0.2, -0.15) is 4.31 Å². The summed E-state index contributed by atoms with van der Waals surface area (Å²) in [6, 6.07) is 9.09. The van der Waals surface area contributed by atoms with E-state index < -0.39 is 10.0 Å². The minimum absolute atomic E-state index is 0. The molecule has 2 rings (SSSR count). The predicted molar refractivity (Wildman–Crippen MR) is 74.5 cm³/mol. The summed E-state index contributed by atoms with van der Waals surface area (Å²) in [6.45, 7) is 1.20. The lowest BCUT2D eigenvalue weighted by Crippen LogP contribution is -2.43. The maximum Gasteiger partial charge on any atom is 0.243 e. The van der Waals surface area contributed by atoms with Crippen LogP contribution < -0.4 is 5.32 Å². The van der Waals surface area contributed by atoms with E-state index in [0.29, 0.717) is 24.0 Å². The fourth-order valence-corrected chi connectivity index (χ4v) is 3.62. The summed E-state index contributed by atoms with van der Waals surface area (Å²) < 4.78 is 26.2. The molecule has 0 aromatic heterocycles. The van der Waals surface area contributed by atoms with Crippen molar-refractivity contribution in [2.45, 2.75) is 23.8 Å². The SMILES string of the molecule is CNC1CCN(S(=O)(=O)c2ccccc2)CC1.Cl. The van der Waals surface area contributed by atoms with Crippen molar-refractivity contribution in [3.8, 4) is 0 Å². The molecule has 0 unspecified atom stereocenters. The fourth-order valence-electron chi connectivity index (χ4n) is 2.13. The topological polar surface area (TPSA) is 49.4 Å². The highest BCUT2D eigenvalue weighted by atomic mass is 35.5. The summed E-state index contributed by atoms with van der Waals surface area (Å²) >= 11 is 0. The van der Waals surface area contributed by atoms with Gasteiger partial charge < -0.3 is 5.32 Å². The van der Waals surface area contributed by atoms with Gasteiger partial charge in [-0.1, -0.05) is 18.2 Å². The molecule has 4 nitrogen and oxygen atoms in total. The summed E-state index contributed by atoms with van der Waals surface area (Å²) in [5.74, 6) is 0. The number of rotatable bonds is 3. The van der Waals surface area contributed by atoms with Crippen molar-refractivity contribution in [3.05, 3.63) is 30.3 Å². The zero-order valence-electron chi connectivity index (χ0n) is 10.4. The lowest BCUT2D eigenvalue weighted by Gasteiger charge is -2.30. The molecule has 1 heterocycles. The van der Waals surface area contributed by atoms with Crippen LogP contribution in [0.25, 0.3) is 0 Å². The highest BCUT2D eigenvalue weighted by Gasteiger charge is 2.28. The first-order valence-electron chi connectivity index (χ1n) is 5.87. The predicted octanol–water partition coefficient (Wildman–Crippen LogP) is 1.48. The second-order valence-electron chi connectivity index (χ2n) is 4.28. The molecule has 0 atom stereocenters.